The van der Waals surface area contributed by atoms with Crippen LogP contribution >= 0.6 is 0 Å². The van der Waals surface area contributed by atoms with Gasteiger partial charge in [0.1, 0.15) is 11.5 Å². The highest BCUT2D eigenvalue weighted by atomic mass is 19.1. The fraction of sp³-hybridized carbons (Fsp3) is 0.357. The summed E-state index contributed by atoms with van der Waals surface area (Å²) in [7, 11) is 0. The fourth-order valence-electron chi connectivity index (χ4n) is 1.70. The first-order valence-electron chi connectivity index (χ1n) is 6.02. The number of hydrogen-bond acceptors (Lipinski definition) is 3. The van der Waals surface area contributed by atoms with Crippen molar-refractivity contribution in [3.8, 4) is 11.3 Å². The van der Waals surface area contributed by atoms with Crippen molar-refractivity contribution < 1.29 is 8.91 Å². The summed E-state index contributed by atoms with van der Waals surface area (Å²) in [5.74, 6) is 0.452. The number of nitrogens with zero attached hydrogens (tertiary/aromatic N) is 1. The molecule has 0 atom stereocenters. The van der Waals surface area contributed by atoms with Crippen molar-refractivity contribution in [2.24, 2.45) is 0 Å². The molecule has 0 fully saturated rings. The van der Waals surface area contributed by atoms with Crippen molar-refractivity contribution in [2.75, 3.05) is 0 Å². The van der Waals surface area contributed by atoms with Crippen LogP contribution in [0.5, 0.6) is 0 Å². The molecule has 18 heavy (non-hydrogen) atoms. The summed E-state index contributed by atoms with van der Waals surface area (Å²) in [5.41, 5.74) is 2.73. The van der Waals surface area contributed by atoms with Crippen molar-refractivity contribution in [1.82, 2.24) is 10.5 Å². The van der Waals surface area contributed by atoms with Crippen molar-refractivity contribution in [2.45, 2.75) is 33.4 Å². The Morgan fingerprint density at radius 1 is 1.28 bits per heavy atom. The lowest BCUT2D eigenvalue weighted by atomic mass is 10.1. The van der Waals surface area contributed by atoms with Crippen LogP contribution in [-0.4, -0.2) is 11.2 Å². The minimum atomic E-state index is -0.252. The van der Waals surface area contributed by atoms with Gasteiger partial charge in [0.2, 0.25) is 0 Å². The normalized spacial score (nSPS) is 11.2. The lowest BCUT2D eigenvalue weighted by Crippen LogP contribution is -2.22. The van der Waals surface area contributed by atoms with E-state index in [1.54, 1.807) is 12.1 Å². The highest BCUT2D eigenvalue weighted by Gasteiger charge is 2.13. The Labute approximate surface area is 106 Å². The Morgan fingerprint density at radius 2 is 1.94 bits per heavy atom. The summed E-state index contributed by atoms with van der Waals surface area (Å²) in [5, 5.41) is 7.35. The van der Waals surface area contributed by atoms with Crippen LogP contribution in [0.15, 0.2) is 28.8 Å². The number of rotatable bonds is 4. The largest absolute Gasteiger partial charge is 0.356 e. The van der Waals surface area contributed by atoms with Crippen LogP contribution in [0.1, 0.15) is 25.1 Å². The summed E-state index contributed by atoms with van der Waals surface area (Å²) >= 11 is 0. The molecule has 1 aromatic heterocycles. The maximum absolute atomic E-state index is 12.9. The molecule has 0 aliphatic rings. The van der Waals surface area contributed by atoms with E-state index in [-0.39, 0.29) is 5.82 Å². The van der Waals surface area contributed by atoms with Crippen LogP contribution in [0.2, 0.25) is 0 Å². The predicted molar refractivity (Wildman–Crippen MR) is 68.6 cm³/mol. The molecule has 0 aliphatic heterocycles. The molecule has 0 saturated heterocycles. The zero-order valence-corrected chi connectivity index (χ0v) is 10.8. The molecular weight excluding hydrogens is 231 g/mol. The minimum absolute atomic E-state index is 0.252. The summed E-state index contributed by atoms with van der Waals surface area (Å²) in [4.78, 5) is 0. The molecule has 0 bridgehead atoms. The molecule has 1 N–H and O–H groups in total. The van der Waals surface area contributed by atoms with Crippen molar-refractivity contribution in [3.63, 3.8) is 0 Å². The molecule has 3 nitrogen and oxygen atoms in total. The monoisotopic (exact) mass is 248 g/mol. The quantitative estimate of drug-likeness (QED) is 0.902. The maximum Gasteiger partial charge on any atom is 0.170 e. The van der Waals surface area contributed by atoms with E-state index < -0.39 is 0 Å². The van der Waals surface area contributed by atoms with Gasteiger partial charge in [-0.25, -0.2) is 4.39 Å². The van der Waals surface area contributed by atoms with E-state index >= 15 is 0 Å². The van der Waals surface area contributed by atoms with Gasteiger partial charge >= 0.3 is 0 Å². The van der Waals surface area contributed by atoms with E-state index in [0.29, 0.717) is 18.3 Å². The van der Waals surface area contributed by atoms with Crippen molar-refractivity contribution in [3.05, 3.63) is 41.3 Å². The first-order chi connectivity index (χ1) is 8.58. The van der Waals surface area contributed by atoms with Gasteiger partial charge in [0.25, 0.3) is 0 Å². The van der Waals surface area contributed by atoms with Gasteiger partial charge in [0, 0.05) is 23.7 Å². The Bertz CT molecular complexity index is 517. The summed E-state index contributed by atoms with van der Waals surface area (Å²) in [6, 6.07) is 6.63. The molecule has 4 heteroatoms. The number of benzene rings is 1. The number of hydrogen-bond donors (Lipinski definition) is 1. The first-order valence-corrected chi connectivity index (χ1v) is 6.02. The molecule has 0 amide bonds. The Hall–Kier alpha value is -1.68. The second kappa shape index (κ2) is 5.31. The summed E-state index contributed by atoms with van der Waals surface area (Å²) in [6.07, 6.45) is 0. The van der Waals surface area contributed by atoms with Crippen LogP contribution in [0.4, 0.5) is 4.39 Å². The average molecular weight is 248 g/mol. The van der Waals surface area contributed by atoms with Gasteiger partial charge in [-0.1, -0.05) is 19.0 Å². The fourth-order valence-corrected chi connectivity index (χ4v) is 1.70. The van der Waals surface area contributed by atoms with E-state index in [4.69, 9.17) is 4.52 Å². The average Bonchev–Trinajstić information content (AvgIpc) is 2.69. The molecule has 96 valence electrons. The number of halogens is 1. The Morgan fingerprint density at radius 3 is 2.56 bits per heavy atom. The SMILES string of the molecule is Cc1c(CNC(C)C)noc1-c1ccc(F)cc1. The molecule has 0 saturated carbocycles. The van der Waals surface area contributed by atoms with Crippen LogP contribution in [0, 0.1) is 12.7 Å². The van der Waals surface area contributed by atoms with Gasteiger partial charge in [-0.05, 0) is 31.2 Å². The van der Waals surface area contributed by atoms with E-state index in [1.807, 2.05) is 6.92 Å². The Kier molecular flexibility index (Phi) is 3.77. The first kappa shape index (κ1) is 12.8. The molecule has 1 aromatic carbocycles. The highest BCUT2D eigenvalue weighted by Crippen LogP contribution is 2.25. The third-order valence-corrected chi connectivity index (χ3v) is 2.80. The maximum atomic E-state index is 12.9. The highest BCUT2D eigenvalue weighted by molar-refractivity contribution is 5.61. The number of aromatic nitrogens is 1. The molecule has 2 rings (SSSR count). The molecule has 2 aromatic rings. The summed E-state index contributed by atoms with van der Waals surface area (Å²) in [6.45, 7) is 6.80. The third-order valence-electron chi connectivity index (χ3n) is 2.80. The van der Waals surface area contributed by atoms with E-state index in [2.05, 4.69) is 24.3 Å². The molecule has 0 aliphatic carbocycles. The lowest BCUT2D eigenvalue weighted by molar-refractivity contribution is 0.417. The third kappa shape index (κ3) is 2.76. The molecule has 0 spiro atoms. The zero-order valence-electron chi connectivity index (χ0n) is 10.8. The molecular formula is C14H17FN2O. The molecule has 1 heterocycles. The number of nitrogens with one attached hydrogen (secondary N) is 1. The standard InChI is InChI=1S/C14H17FN2O/c1-9(2)16-8-13-10(3)14(18-17-13)11-4-6-12(15)7-5-11/h4-7,9,16H,8H2,1-3H3. The molecule has 0 radical (unpaired) electrons. The Balaban J connectivity index is 2.22. The van der Waals surface area contributed by atoms with Gasteiger partial charge < -0.3 is 9.84 Å². The van der Waals surface area contributed by atoms with Crippen LogP contribution in [0.25, 0.3) is 11.3 Å². The van der Waals surface area contributed by atoms with Crippen LogP contribution in [-0.2, 0) is 6.54 Å². The molecule has 0 unspecified atom stereocenters. The van der Waals surface area contributed by atoms with E-state index in [1.165, 1.54) is 12.1 Å². The topological polar surface area (TPSA) is 38.1 Å². The predicted octanol–water partition coefficient (Wildman–Crippen LogP) is 3.29. The lowest BCUT2D eigenvalue weighted by Gasteiger charge is -2.05. The van der Waals surface area contributed by atoms with Gasteiger partial charge in [-0.15, -0.1) is 0 Å². The smallest absolute Gasteiger partial charge is 0.170 e. The second-order valence-electron chi connectivity index (χ2n) is 4.63. The van der Waals surface area contributed by atoms with Gasteiger partial charge in [0.05, 0.1) is 0 Å². The van der Waals surface area contributed by atoms with Crippen molar-refractivity contribution in [1.29, 1.82) is 0 Å². The zero-order chi connectivity index (χ0) is 13.1. The van der Waals surface area contributed by atoms with E-state index in [9.17, 15) is 4.39 Å². The summed E-state index contributed by atoms with van der Waals surface area (Å²) < 4.78 is 18.2. The second-order valence-corrected chi connectivity index (χ2v) is 4.63. The van der Waals surface area contributed by atoms with Gasteiger partial charge in [0.15, 0.2) is 5.76 Å². The van der Waals surface area contributed by atoms with Crippen LogP contribution < -0.4 is 5.32 Å². The van der Waals surface area contributed by atoms with Crippen LogP contribution in [0.3, 0.4) is 0 Å². The van der Waals surface area contributed by atoms with Gasteiger partial charge in [-0.2, -0.15) is 0 Å². The van der Waals surface area contributed by atoms with E-state index in [0.717, 1.165) is 16.8 Å². The van der Waals surface area contributed by atoms with Crippen molar-refractivity contribution >= 4 is 0 Å². The van der Waals surface area contributed by atoms with Gasteiger partial charge in [-0.3, -0.25) is 0 Å². The minimum Gasteiger partial charge on any atom is -0.356 e.